The van der Waals surface area contributed by atoms with Crippen LogP contribution in [0.25, 0.3) is 0 Å². The van der Waals surface area contributed by atoms with Crippen molar-refractivity contribution in [2.75, 3.05) is 109 Å². The summed E-state index contributed by atoms with van der Waals surface area (Å²) < 4.78 is 361. The number of hydrogen-bond acceptors (Lipinski definition) is 18. The molecule has 0 bridgehead atoms. The number of carbonyl (C=O) groups is 8. The van der Waals surface area contributed by atoms with E-state index in [-0.39, 0.29) is 92.3 Å². The number of nitro benzene ring substituents is 1. The summed E-state index contributed by atoms with van der Waals surface area (Å²) in [6, 6.07) is 22.8. The van der Waals surface area contributed by atoms with E-state index in [4.69, 9.17) is 21.1 Å². The highest BCUT2D eigenvalue weighted by Gasteiger charge is 2.43. The van der Waals surface area contributed by atoms with Crippen molar-refractivity contribution in [3.05, 3.63) is 308 Å². The lowest BCUT2D eigenvalue weighted by molar-refractivity contribution is -0.384. The number of hydrogen-bond donors (Lipinski definition) is 0. The second-order valence-electron chi connectivity index (χ2n) is 30.0. The van der Waals surface area contributed by atoms with Crippen molar-refractivity contribution in [3.8, 4) is 0 Å². The van der Waals surface area contributed by atoms with E-state index in [1.807, 2.05) is 13.8 Å². The topological polar surface area (TPSA) is 218 Å². The normalized spacial score (nSPS) is 14.3. The number of benzene rings is 10. The van der Waals surface area contributed by atoms with Gasteiger partial charge in [0.15, 0.2) is 183 Å². The number of ether oxygens (including phenoxy) is 2. The van der Waals surface area contributed by atoms with E-state index in [0.29, 0.717) is 87.5 Å². The summed E-state index contributed by atoms with van der Waals surface area (Å²) in [6.07, 6.45) is 2.72. The molecule has 46 heteroatoms. The minimum absolute atomic E-state index is 0.00124. The molecule has 4 heterocycles. The fourth-order valence-corrected chi connectivity index (χ4v) is 14.2. The van der Waals surface area contributed by atoms with Crippen LogP contribution >= 0.6 is 11.6 Å². The first-order valence-corrected chi connectivity index (χ1v) is 40.7. The predicted molar refractivity (Wildman–Crippen MR) is 450 cm³/mol. The zero-order valence-electron chi connectivity index (χ0n) is 72.4. The third kappa shape index (κ3) is 25.3. The number of halogens is 27. The van der Waals surface area contributed by atoms with Gasteiger partial charge in [-0.05, 0) is 118 Å². The molecule has 19 nitrogen and oxygen atoms in total. The first-order chi connectivity index (χ1) is 65.2. The van der Waals surface area contributed by atoms with Crippen molar-refractivity contribution in [3.63, 3.8) is 0 Å². The molecule has 0 aliphatic carbocycles. The fraction of sp³-hybridized carbons (Fsp3) is 0.261. The molecular weight excluding hydrogens is 1920 g/mol. The molecule has 0 aromatic heterocycles. The van der Waals surface area contributed by atoms with Crippen LogP contribution in [-0.4, -0.2) is 141 Å². The number of nitro groups is 1. The molecule has 2 atom stereocenters. The van der Waals surface area contributed by atoms with Crippen molar-refractivity contribution in [1.82, 2.24) is 0 Å². The molecule has 0 radical (unpaired) electrons. The van der Waals surface area contributed by atoms with Gasteiger partial charge in [-0.15, -0.1) is 0 Å². The molecule has 738 valence electrons. The molecule has 0 saturated carbocycles. The number of carbonyl (C=O) groups excluding carboxylic acids is 8. The molecular formula is C92H74ClF26N7O12. The highest BCUT2D eigenvalue weighted by atomic mass is 35.5. The molecule has 4 aliphatic rings. The van der Waals surface area contributed by atoms with Crippen LogP contribution in [0.5, 0.6) is 0 Å². The average Bonchev–Trinajstić information content (AvgIpc) is 0.925. The van der Waals surface area contributed by atoms with Gasteiger partial charge in [0.1, 0.15) is 46.8 Å². The number of anilines is 8. The molecule has 138 heavy (non-hydrogen) atoms. The lowest BCUT2D eigenvalue weighted by Crippen LogP contribution is -2.46. The van der Waals surface area contributed by atoms with Crippen molar-refractivity contribution >= 4 is 113 Å². The summed E-state index contributed by atoms with van der Waals surface area (Å²) in [5.74, 6) is -44.3. The minimum atomic E-state index is -2.28. The highest BCUT2D eigenvalue weighted by Crippen LogP contribution is 2.44. The summed E-state index contributed by atoms with van der Waals surface area (Å²) in [4.78, 5) is 100. The first-order valence-electron chi connectivity index (χ1n) is 40.3. The van der Waals surface area contributed by atoms with Crippen LogP contribution in [0, 0.1) is 173 Å². The Labute approximate surface area is 771 Å². The summed E-state index contributed by atoms with van der Waals surface area (Å²) in [6.45, 7) is 9.80. The molecule has 10 aromatic carbocycles. The number of nitrogens with zero attached hydrogens (tertiary/aromatic N) is 7. The maximum Gasteiger partial charge on any atom is 0.269 e. The minimum Gasteiger partial charge on any atom is -0.378 e. The van der Waals surface area contributed by atoms with Crippen molar-refractivity contribution in [1.29, 1.82) is 0 Å². The van der Waals surface area contributed by atoms with Crippen LogP contribution in [0.15, 0.2) is 97.1 Å². The number of non-ortho nitro benzene ring substituents is 1. The molecule has 2 unspecified atom stereocenters. The summed E-state index contributed by atoms with van der Waals surface area (Å²) >= 11 is 5.55. The van der Waals surface area contributed by atoms with E-state index in [2.05, 4.69) is 0 Å². The number of piperidine rings is 2. The van der Waals surface area contributed by atoms with Crippen LogP contribution in [0.3, 0.4) is 0 Å². The third-order valence-corrected chi connectivity index (χ3v) is 21.1. The fourth-order valence-electron chi connectivity index (χ4n) is 14.0. The quantitative estimate of drug-likeness (QED) is 0.0183. The molecule has 10 aromatic rings. The van der Waals surface area contributed by atoms with E-state index < -0.39 is 224 Å². The number of rotatable bonds is 19. The Hall–Kier alpha value is -13.9. The molecule has 14 rings (SSSR count). The molecule has 0 amide bonds. The summed E-state index contributed by atoms with van der Waals surface area (Å²) in [5, 5.41) is 11.6. The molecule has 4 saturated heterocycles. The van der Waals surface area contributed by atoms with Gasteiger partial charge >= 0.3 is 0 Å². The van der Waals surface area contributed by atoms with Crippen LogP contribution in [0.1, 0.15) is 143 Å². The third-order valence-electron chi connectivity index (χ3n) is 20.8. The van der Waals surface area contributed by atoms with E-state index in [1.165, 1.54) is 63.2 Å². The predicted octanol–water partition coefficient (Wildman–Crippen LogP) is 23.0. The smallest absolute Gasteiger partial charge is 0.269 e. The Bertz CT molecular complexity index is 5810. The maximum atomic E-state index is 14.8. The van der Waals surface area contributed by atoms with Gasteiger partial charge in [-0.3, -0.25) is 48.5 Å². The standard InChI is InChI=1S/C21H15F4N3O3.C14H13F4NO3.C14H15F4NO.C11H9F4NO.C11H11F4NO.C7H5ClO.C7HF5O.C7H5FO/c1-26(2)12-3-5-13(6-4-12)27(14-7-9-15(10-8-14)28(30)31)21-19(24)17(22)16(11-29)18(23)20(21)25;15-9-8(7-20)10(16)12(18)13(11(9)17)19-3-1-14(2-4-19)21-5-6-22-14;1-7-3-8(2)5-19(4-7)14-12(17)10(15)9(6-20)11(16)13(14)18;12-7-6(5-17)8(13)10(15)11(9(7)14)16-3-1-2-4-16;1-3-16(4-2)11-9(14)7(12)6(5-17)8(13)10(11)15;8-7-3-1-6(5-9)2-4-7;8-3-2(1-13)4(9)6(11)7(12)5(3)10;8-7-3-1-6(5-9)2-4-7/h3-11H,1-2H3;7H,1-6H2;6-8H,3-5H2,1-2H3;5H,1-4H2;5H,3-4H2,1-2H3;1-5H;1H;1-5H. The molecule has 1 spiro atoms. The van der Waals surface area contributed by atoms with Gasteiger partial charge in [0.25, 0.3) is 5.69 Å². The second kappa shape index (κ2) is 49.8. The molecule has 4 fully saturated rings. The van der Waals surface area contributed by atoms with Gasteiger partial charge in [-0.2, -0.15) is 0 Å². The summed E-state index contributed by atoms with van der Waals surface area (Å²) in [7, 11) is 3.54. The Kier molecular flexibility index (Phi) is 40.1. The monoisotopic (exact) mass is 2000 g/mol. The Morgan fingerprint density at radius 2 is 0.638 bits per heavy atom. The van der Waals surface area contributed by atoms with Crippen LogP contribution in [0.2, 0.25) is 5.02 Å². The van der Waals surface area contributed by atoms with Crippen molar-refractivity contribution in [2.45, 2.75) is 65.6 Å². The average molecular weight is 2000 g/mol. The van der Waals surface area contributed by atoms with Gasteiger partial charge in [-0.25, -0.2) is 114 Å². The second-order valence-corrected chi connectivity index (χ2v) is 30.4. The van der Waals surface area contributed by atoms with E-state index in [9.17, 15) is 163 Å². The van der Waals surface area contributed by atoms with Crippen LogP contribution in [0.4, 0.5) is 165 Å². The van der Waals surface area contributed by atoms with E-state index >= 15 is 0 Å². The van der Waals surface area contributed by atoms with Crippen molar-refractivity contribution < 1.29 is 167 Å². The van der Waals surface area contributed by atoms with Gasteiger partial charge in [0.05, 0.1) is 51.5 Å². The van der Waals surface area contributed by atoms with Gasteiger partial charge in [0.2, 0.25) is 5.82 Å². The number of aldehydes is 8. The van der Waals surface area contributed by atoms with Crippen LogP contribution in [-0.2, 0) is 9.47 Å². The highest BCUT2D eigenvalue weighted by molar-refractivity contribution is 6.30. The Morgan fingerprint density at radius 1 is 0.362 bits per heavy atom. The molecule has 0 N–H and O–H groups in total. The summed E-state index contributed by atoms with van der Waals surface area (Å²) in [5.41, 5.74) is -10.1. The Balaban J connectivity index is 0.000000221. The largest absolute Gasteiger partial charge is 0.378 e. The zero-order chi connectivity index (χ0) is 103. The van der Waals surface area contributed by atoms with Crippen molar-refractivity contribution in [2.24, 2.45) is 11.8 Å². The van der Waals surface area contributed by atoms with E-state index in [0.717, 1.165) is 40.3 Å². The zero-order valence-corrected chi connectivity index (χ0v) is 73.1. The lowest BCUT2D eigenvalue weighted by atomic mass is 9.91. The van der Waals surface area contributed by atoms with E-state index in [1.54, 1.807) is 69.2 Å². The lowest BCUT2D eigenvalue weighted by Gasteiger charge is -2.38. The molecule has 4 aliphatic heterocycles. The van der Waals surface area contributed by atoms with Crippen LogP contribution < -0.4 is 29.4 Å². The Morgan fingerprint density at radius 3 is 0.942 bits per heavy atom. The maximum absolute atomic E-state index is 14.8. The first kappa shape index (κ1) is 111. The van der Waals surface area contributed by atoms with Gasteiger partial charge in [-0.1, -0.05) is 37.6 Å². The van der Waals surface area contributed by atoms with Gasteiger partial charge < -0.3 is 38.9 Å². The van der Waals surface area contributed by atoms with Gasteiger partial charge in [0, 0.05) is 125 Å². The SMILES string of the molecule is CC1CC(C)CN(c2c(F)c(F)c(C=O)c(F)c2F)C1.CCN(CC)c1c(F)c(F)c(C=O)c(F)c1F.CN(C)c1ccc(N(c2ccc([N+](=O)[O-])cc2)c2c(F)c(F)c(C=O)c(F)c2F)cc1.O=Cc1c(F)c(F)c(F)c(F)c1F.O=Cc1c(F)c(F)c(N2CCC3(CC2)OCCO3)c(F)c1F.O=Cc1c(F)c(F)c(N2CCCC2)c(F)c1F.O=Cc1ccc(Cl)cc1.O=Cc1ccc(F)cc1.